The van der Waals surface area contributed by atoms with Crippen LogP contribution in [-0.2, 0) is 9.84 Å². The second kappa shape index (κ2) is 7.69. The van der Waals surface area contributed by atoms with Crippen LogP contribution in [0.2, 0.25) is 0 Å². The SMILES string of the molecule is COc1cc(OC)cc(C(=O)Nc2nnc(-c3cccc(S(C)(=O)=O)c3)o2)c1. The van der Waals surface area contributed by atoms with Gasteiger partial charge in [-0.2, -0.15) is 0 Å². The molecule has 0 saturated carbocycles. The maximum absolute atomic E-state index is 12.5. The van der Waals surface area contributed by atoms with Gasteiger partial charge in [-0.25, -0.2) is 8.42 Å². The first-order valence-corrected chi connectivity index (χ1v) is 9.87. The minimum Gasteiger partial charge on any atom is -0.497 e. The normalized spacial score (nSPS) is 11.1. The lowest BCUT2D eigenvalue weighted by Gasteiger charge is -2.07. The summed E-state index contributed by atoms with van der Waals surface area (Å²) in [6.07, 6.45) is 1.11. The number of methoxy groups -OCH3 is 2. The molecule has 1 heterocycles. The minimum absolute atomic E-state index is 0.0732. The number of nitrogens with one attached hydrogen (secondary N) is 1. The molecule has 0 aliphatic heterocycles. The number of ether oxygens (including phenoxy) is 2. The van der Waals surface area contributed by atoms with Gasteiger partial charge in [0.25, 0.3) is 5.91 Å². The summed E-state index contributed by atoms with van der Waals surface area (Å²) in [7, 11) is -0.423. The van der Waals surface area contributed by atoms with E-state index in [-0.39, 0.29) is 22.4 Å². The number of benzene rings is 2. The molecule has 0 unspecified atom stereocenters. The van der Waals surface area contributed by atoms with Crippen LogP contribution in [0.1, 0.15) is 10.4 Å². The third kappa shape index (κ3) is 4.29. The molecule has 0 saturated heterocycles. The lowest BCUT2D eigenvalue weighted by Crippen LogP contribution is -2.12. The molecule has 0 bridgehead atoms. The summed E-state index contributed by atoms with van der Waals surface area (Å²) >= 11 is 0. The predicted octanol–water partition coefficient (Wildman–Crippen LogP) is 2.41. The average molecular weight is 403 g/mol. The molecular weight excluding hydrogens is 386 g/mol. The molecule has 0 radical (unpaired) electrons. The van der Waals surface area contributed by atoms with Gasteiger partial charge in [-0.05, 0) is 30.3 Å². The Kier molecular flexibility index (Phi) is 5.32. The quantitative estimate of drug-likeness (QED) is 0.666. The van der Waals surface area contributed by atoms with Crippen LogP contribution in [0, 0.1) is 0 Å². The van der Waals surface area contributed by atoms with Crippen molar-refractivity contribution in [3.63, 3.8) is 0 Å². The summed E-state index contributed by atoms with van der Waals surface area (Å²) < 4.78 is 39.1. The summed E-state index contributed by atoms with van der Waals surface area (Å²) in [5.74, 6) is 0.475. The van der Waals surface area contributed by atoms with Crippen molar-refractivity contribution in [3.8, 4) is 23.0 Å². The van der Waals surface area contributed by atoms with E-state index < -0.39 is 15.7 Å². The summed E-state index contributed by atoms with van der Waals surface area (Å²) in [5, 5.41) is 10.1. The van der Waals surface area contributed by atoms with Crippen LogP contribution >= 0.6 is 0 Å². The Bertz CT molecular complexity index is 1100. The molecule has 28 heavy (non-hydrogen) atoms. The highest BCUT2D eigenvalue weighted by Crippen LogP contribution is 2.25. The van der Waals surface area contributed by atoms with Gasteiger partial charge in [-0.15, -0.1) is 5.10 Å². The second-order valence-corrected chi connectivity index (χ2v) is 7.78. The largest absolute Gasteiger partial charge is 0.497 e. The molecule has 1 amide bonds. The van der Waals surface area contributed by atoms with Gasteiger partial charge in [0.05, 0.1) is 19.1 Å². The molecule has 0 fully saturated rings. The molecule has 10 heteroatoms. The fourth-order valence-electron chi connectivity index (χ4n) is 2.36. The molecule has 0 aliphatic rings. The number of anilines is 1. The van der Waals surface area contributed by atoms with E-state index in [0.29, 0.717) is 17.1 Å². The van der Waals surface area contributed by atoms with Crippen LogP contribution in [0.3, 0.4) is 0 Å². The monoisotopic (exact) mass is 403 g/mol. The maximum atomic E-state index is 12.5. The van der Waals surface area contributed by atoms with Crippen LogP contribution < -0.4 is 14.8 Å². The fraction of sp³-hybridized carbons (Fsp3) is 0.167. The number of sulfone groups is 1. The summed E-state index contributed by atoms with van der Waals surface area (Å²) in [5.41, 5.74) is 0.689. The smallest absolute Gasteiger partial charge is 0.322 e. The predicted molar refractivity (Wildman–Crippen MR) is 100 cm³/mol. The molecule has 3 aromatic rings. The van der Waals surface area contributed by atoms with Crippen LogP contribution in [0.25, 0.3) is 11.5 Å². The second-order valence-electron chi connectivity index (χ2n) is 5.77. The van der Waals surface area contributed by atoms with Crippen molar-refractivity contribution >= 4 is 21.8 Å². The standard InChI is InChI=1S/C18H17N3O6S/c1-25-13-7-12(8-14(10-13)26-2)16(22)19-18-21-20-17(27-18)11-5-4-6-15(9-11)28(3,23)24/h4-10H,1-3H3,(H,19,21,22). The maximum Gasteiger partial charge on any atom is 0.322 e. The number of hydrogen-bond donors (Lipinski definition) is 1. The lowest BCUT2D eigenvalue weighted by molar-refractivity contribution is 0.102. The van der Waals surface area contributed by atoms with Gasteiger partial charge in [-0.1, -0.05) is 11.2 Å². The molecule has 0 atom stereocenters. The van der Waals surface area contributed by atoms with Crippen molar-refractivity contribution in [1.82, 2.24) is 10.2 Å². The first-order valence-electron chi connectivity index (χ1n) is 7.98. The zero-order chi connectivity index (χ0) is 20.3. The van der Waals surface area contributed by atoms with Crippen molar-refractivity contribution in [2.45, 2.75) is 4.90 Å². The number of carbonyl (C=O) groups excluding carboxylic acids is 1. The molecule has 0 spiro atoms. The fourth-order valence-corrected chi connectivity index (χ4v) is 3.02. The Morgan fingerprint density at radius 2 is 1.71 bits per heavy atom. The van der Waals surface area contributed by atoms with E-state index in [1.165, 1.54) is 38.5 Å². The number of nitrogens with zero attached hydrogens (tertiary/aromatic N) is 2. The van der Waals surface area contributed by atoms with Crippen molar-refractivity contribution in [3.05, 3.63) is 48.0 Å². The van der Waals surface area contributed by atoms with E-state index >= 15 is 0 Å². The van der Waals surface area contributed by atoms with Gasteiger partial charge in [-0.3, -0.25) is 10.1 Å². The van der Waals surface area contributed by atoms with Crippen LogP contribution in [0.5, 0.6) is 11.5 Å². The molecule has 3 rings (SSSR count). The van der Waals surface area contributed by atoms with E-state index in [0.717, 1.165) is 6.26 Å². The molecule has 9 nitrogen and oxygen atoms in total. The van der Waals surface area contributed by atoms with Gasteiger partial charge in [0.1, 0.15) is 11.5 Å². The van der Waals surface area contributed by atoms with E-state index in [2.05, 4.69) is 15.5 Å². The molecule has 146 valence electrons. The van der Waals surface area contributed by atoms with Crippen LogP contribution in [0.15, 0.2) is 51.8 Å². The van der Waals surface area contributed by atoms with Crippen molar-refractivity contribution in [1.29, 1.82) is 0 Å². The Hall–Kier alpha value is -3.40. The highest BCUT2D eigenvalue weighted by atomic mass is 32.2. The zero-order valence-electron chi connectivity index (χ0n) is 15.3. The summed E-state index contributed by atoms with van der Waals surface area (Å²) in [4.78, 5) is 12.6. The Morgan fingerprint density at radius 1 is 1.04 bits per heavy atom. The number of aromatic nitrogens is 2. The summed E-state index contributed by atoms with van der Waals surface area (Å²) in [6, 6.07) is 10.6. The average Bonchev–Trinajstić information content (AvgIpc) is 3.15. The molecular formula is C18H17N3O6S. The van der Waals surface area contributed by atoms with Gasteiger partial charge < -0.3 is 13.9 Å². The minimum atomic E-state index is -3.38. The number of carbonyl (C=O) groups is 1. The van der Waals surface area contributed by atoms with E-state index in [4.69, 9.17) is 13.9 Å². The molecule has 2 aromatic carbocycles. The Morgan fingerprint density at radius 3 is 2.32 bits per heavy atom. The summed E-state index contributed by atoms with van der Waals surface area (Å²) in [6.45, 7) is 0. The number of rotatable bonds is 6. The van der Waals surface area contributed by atoms with Gasteiger partial charge in [0, 0.05) is 23.4 Å². The highest BCUT2D eigenvalue weighted by molar-refractivity contribution is 7.90. The molecule has 0 aliphatic carbocycles. The first-order chi connectivity index (χ1) is 13.3. The van der Waals surface area contributed by atoms with E-state index in [1.54, 1.807) is 18.2 Å². The van der Waals surface area contributed by atoms with Crippen molar-refractivity contribution in [2.24, 2.45) is 0 Å². The van der Waals surface area contributed by atoms with Crippen molar-refractivity contribution < 1.29 is 27.1 Å². The number of amides is 1. The third-order valence-electron chi connectivity index (χ3n) is 3.77. The first kappa shape index (κ1) is 19.4. The molecule has 1 N–H and O–H groups in total. The van der Waals surface area contributed by atoms with Gasteiger partial charge in [0.2, 0.25) is 5.89 Å². The lowest BCUT2D eigenvalue weighted by atomic mass is 10.2. The van der Waals surface area contributed by atoms with Gasteiger partial charge in [0.15, 0.2) is 9.84 Å². The van der Waals surface area contributed by atoms with Crippen LogP contribution in [0.4, 0.5) is 6.01 Å². The zero-order valence-corrected chi connectivity index (χ0v) is 16.1. The van der Waals surface area contributed by atoms with E-state index in [1.807, 2.05) is 0 Å². The van der Waals surface area contributed by atoms with Gasteiger partial charge >= 0.3 is 6.01 Å². The Labute approximate surface area is 161 Å². The van der Waals surface area contributed by atoms with Crippen molar-refractivity contribution in [2.75, 3.05) is 25.8 Å². The third-order valence-corrected chi connectivity index (χ3v) is 4.88. The Balaban J connectivity index is 1.83. The molecule has 1 aromatic heterocycles. The van der Waals surface area contributed by atoms with E-state index in [9.17, 15) is 13.2 Å². The van der Waals surface area contributed by atoms with Crippen LogP contribution in [-0.4, -0.2) is 45.0 Å². The highest BCUT2D eigenvalue weighted by Gasteiger charge is 2.16. The topological polar surface area (TPSA) is 121 Å². The number of hydrogen-bond acceptors (Lipinski definition) is 8.